The van der Waals surface area contributed by atoms with Crippen molar-refractivity contribution in [3.63, 3.8) is 0 Å². The molecular weight excluding hydrogens is 987 g/mol. The Balaban J connectivity index is 0.965. The van der Waals surface area contributed by atoms with Gasteiger partial charge < -0.3 is 28.4 Å². The van der Waals surface area contributed by atoms with E-state index in [1.54, 1.807) is 61.7 Å². The Hall–Kier alpha value is -7.51. The van der Waals surface area contributed by atoms with Crippen LogP contribution in [0.5, 0.6) is 11.5 Å². The van der Waals surface area contributed by atoms with Crippen LogP contribution in [0.3, 0.4) is 0 Å². The van der Waals surface area contributed by atoms with Crippen molar-refractivity contribution in [2.75, 3.05) is 52.7 Å². The summed E-state index contributed by atoms with van der Waals surface area (Å²) in [7, 11) is 3.43. The van der Waals surface area contributed by atoms with Gasteiger partial charge in [-0.15, -0.1) is 0 Å². The zero-order valence-corrected chi connectivity index (χ0v) is 43.8. The number of nitrogens with zero attached hydrogens (tertiary/aromatic N) is 7. The van der Waals surface area contributed by atoms with E-state index in [-0.39, 0.29) is 49.4 Å². The standard InChI is InChI=1S/C55H60ClFN8O10/c1-32-46(33(2)61(7)59-32)47-39(56)19-18-38-37(12-10-28-72-42-14-8-11-34-29-35(57)16-17-36(34)42)49(52(69)74-31-75-53(70)55(3,4)5)64(48(38)47)27-24-62-22-25-63(26-23-62)45(67)30-73-43-15-9-13-40-50(43)60(6)54(71)65(40)41-20-21-44(66)58-51(41)68/h8-9,11,13-19,29,41H,10,12,20-28,30-31H2,1-7H3,(H,58,66,68). The van der Waals surface area contributed by atoms with Crippen molar-refractivity contribution in [2.24, 2.45) is 19.5 Å². The van der Waals surface area contributed by atoms with Crippen LogP contribution in [-0.4, -0.2) is 116 Å². The van der Waals surface area contributed by atoms with E-state index < -0.39 is 41.8 Å². The van der Waals surface area contributed by atoms with Crippen molar-refractivity contribution in [1.82, 2.24) is 38.6 Å². The Bertz CT molecular complexity index is 3470. The SMILES string of the molecule is Cc1nn(C)c(C)c1-c1c(Cl)ccc2c(CCCOc3cccc4cc(F)ccc34)c(C(=O)OCOC(=O)C(C)(C)C)n(CCN3CCN(C(=O)COc4cccc5c4n(C)c(=O)n5C4CCC(=O)NC4=O)CC3)c12. The zero-order valence-electron chi connectivity index (χ0n) is 43.1. The minimum absolute atomic E-state index is 0.105. The fraction of sp³-hybridized carbons (Fsp3) is 0.400. The molecule has 3 amide bonds. The predicted molar refractivity (Wildman–Crippen MR) is 279 cm³/mol. The number of carbonyl (C=O) groups excluding carboxylic acids is 5. The second kappa shape index (κ2) is 21.4. The maximum Gasteiger partial charge on any atom is 0.358 e. The number of hydrogen-bond acceptors (Lipinski definition) is 12. The molecule has 0 spiro atoms. The molecule has 2 saturated heterocycles. The molecule has 1 atom stereocenters. The zero-order chi connectivity index (χ0) is 53.5. The van der Waals surface area contributed by atoms with Gasteiger partial charge in [0, 0.05) is 87.4 Å². The van der Waals surface area contributed by atoms with Crippen LogP contribution in [0.25, 0.3) is 43.8 Å². The lowest BCUT2D eigenvalue weighted by molar-refractivity contribution is -0.161. The number of amides is 3. The number of halogens is 2. The second-order valence-electron chi connectivity index (χ2n) is 20.1. The summed E-state index contributed by atoms with van der Waals surface area (Å²) in [5.74, 6) is -1.85. The van der Waals surface area contributed by atoms with Crippen LogP contribution in [-0.2, 0) is 55.7 Å². The Morgan fingerprint density at radius 2 is 1.59 bits per heavy atom. The quantitative estimate of drug-likeness (QED) is 0.0445. The average Bonchev–Trinajstić information content (AvgIpc) is 3.95. The number of para-hydroxylation sites is 1. The summed E-state index contributed by atoms with van der Waals surface area (Å²) >= 11 is 7.20. The molecule has 0 aliphatic carbocycles. The van der Waals surface area contributed by atoms with Gasteiger partial charge in [-0.2, -0.15) is 5.10 Å². The molecule has 7 aromatic rings. The number of benzene rings is 4. The van der Waals surface area contributed by atoms with Gasteiger partial charge in [-0.3, -0.25) is 43.2 Å². The molecule has 1 unspecified atom stereocenters. The lowest BCUT2D eigenvalue weighted by Gasteiger charge is -2.35. The number of fused-ring (bicyclic) bond motifs is 3. The van der Waals surface area contributed by atoms with Crippen molar-refractivity contribution in [1.29, 1.82) is 0 Å². The summed E-state index contributed by atoms with van der Waals surface area (Å²) in [4.78, 5) is 83.2. The first-order valence-corrected chi connectivity index (χ1v) is 25.4. The minimum Gasteiger partial charge on any atom is -0.493 e. The van der Waals surface area contributed by atoms with Gasteiger partial charge in [0.1, 0.15) is 34.6 Å². The van der Waals surface area contributed by atoms with Crippen LogP contribution in [0.2, 0.25) is 5.02 Å². The first-order chi connectivity index (χ1) is 35.8. The van der Waals surface area contributed by atoms with Crippen LogP contribution in [0.1, 0.15) is 73.5 Å². The Kier molecular flexibility index (Phi) is 14.9. The van der Waals surface area contributed by atoms with Gasteiger partial charge in [0.25, 0.3) is 5.91 Å². The van der Waals surface area contributed by atoms with Crippen molar-refractivity contribution in [3.05, 3.63) is 111 Å². The van der Waals surface area contributed by atoms with Crippen molar-refractivity contribution >= 4 is 74.0 Å². The molecule has 5 heterocycles. The molecule has 2 aliphatic rings. The maximum atomic E-state index is 14.7. The van der Waals surface area contributed by atoms with Gasteiger partial charge in [-0.05, 0) is 107 Å². The molecule has 9 rings (SSSR count). The predicted octanol–water partition coefficient (Wildman–Crippen LogP) is 7.17. The highest BCUT2D eigenvalue weighted by molar-refractivity contribution is 6.35. The topological polar surface area (TPSA) is 190 Å². The number of imide groups is 1. The number of ether oxygens (including phenoxy) is 4. The van der Waals surface area contributed by atoms with E-state index in [9.17, 15) is 33.2 Å². The van der Waals surface area contributed by atoms with Gasteiger partial charge in [0.05, 0.1) is 33.8 Å². The van der Waals surface area contributed by atoms with Crippen molar-refractivity contribution in [3.8, 4) is 22.6 Å². The summed E-state index contributed by atoms with van der Waals surface area (Å²) in [6.07, 6.45) is 1.14. The molecule has 75 heavy (non-hydrogen) atoms. The molecule has 394 valence electrons. The van der Waals surface area contributed by atoms with E-state index >= 15 is 0 Å². The molecule has 2 aliphatic heterocycles. The first kappa shape index (κ1) is 52.4. The van der Waals surface area contributed by atoms with Gasteiger partial charge in [0.2, 0.25) is 18.6 Å². The summed E-state index contributed by atoms with van der Waals surface area (Å²) in [5.41, 5.74) is 4.41. The highest BCUT2D eigenvalue weighted by Gasteiger charge is 2.34. The Morgan fingerprint density at radius 1 is 0.853 bits per heavy atom. The van der Waals surface area contributed by atoms with E-state index in [0.717, 1.165) is 27.7 Å². The summed E-state index contributed by atoms with van der Waals surface area (Å²) in [6, 6.07) is 17.9. The summed E-state index contributed by atoms with van der Waals surface area (Å²) < 4.78 is 44.2. The first-order valence-electron chi connectivity index (χ1n) is 25.0. The number of imidazole rings is 1. The third kappa shape index (κ3) is 10.5. The number of piperazine rings is 1. The smallest absolute Gasteiger partial charge is 0.358 e. The molecular formula is C55H60ClFN8O10. The van der Waals surface area contributed by atoms with Gasteiger partial charge >= 0.3 is 17.6 Å². The number of carbonyl (C=O) groups is 5. The average molecular weight is 1050 g/mol. The number of rotatable bonds is 16. The fourth-order valence-corrected chi connectivity index (χ4v) is 10.5. The Labute approximate surface area is 436 Å². The molecule has 0 radical (unpaired) electrons. The van der Waals surface area contributed by atoms with Crippen LogP contribution < -0.4 is 20.5 Å². The van der Waals surface area contributed by atoms with Crippen LogP contribution >= 0.6 is 11.6 Å². The van der Waals surface area contributed by atoms with Crippen molar-refractivity contribution in [2.45, 2.75) is 72.9 Å². The van der Waals surface area contributed by atoms with E-state index in [1.807, 2.05) is 55.8 Å². The monoisotopic (exact) mass is 1050 g/mol. The van der Waals surface area contributed by atoms with E-state index in [0.29, 0.717) is 102 Å². The Morgan fingerprint density at radius 3 is 2.31 bits per heavy atom. The highest BCUT2D eigenvalue weighted by atomic mass is 35.5. The normalized spacial score (nSPS) is 15.5. The van der Waals surface area contributed by atoms with Gasteiger partial charge in [-0.1, -0.05) is 35.9 Å². The molecule has 20 heteroatoms. The lowest BCUT2D eigenvalue weighted by atomic mass is 9.98. The molecule has 0 saturated carbocycles. The number of aryl methyl sites for hydroxylation is 4. The second-order valence-corrected chi connectivity index (χ2v) is 20.5. The largest absolute Gasteiger partial charge is 0.493 e. The summed E-state index contributed by atoms with van der Waals surface area (Å²) in [6.45, 7) is 10.9. The lowest BCUT2D eigenvalue weighted by Crippen LogP contribution is -2.50. The molecule has 3 aromatic heterocycles. The molecule has 4 aromatic carbocycles. The third-order valence-electron chi connectivity index (χ3n) is 14.2. The van der Waals surface area contributed by atoms with Crippen LogP contribution in [0.15, 0.2) is 71.5 Å². The maximum absolute atomic E-state index is 14.7. The molecule has 18 nitrogen and oxygen atoms in total. The fourth-order valence-electron chi connectivity index (χ4n) is 10.2. The van der Waals surface area contributed by atoms with Gasteiger partial charge in [-0.25, -0.2) is 14.0 Å². The number of piperidine rings is 1. The van der Waals surface area contributed by atoms with Crippen LogP contribution in [0, 0.1) is 25.1 Å². The van der Waals surface area contributed by atoms with Crippen LogP contribution in [0.4, 0.5) is 4.39 Å². The number of aromatic nitrogens is 5. The molecule has 2 fully saturated rings. The number of nitrogens with one attached hydrogen (secondary N) is 1. The number of hydrogen-bond donors (Lipinski definition) is 1. The van der Waals surface area contributed by atoms with Crippen molar-refractivity contribution < 1.29 is 47.3 Å². The third-order valence-corrected chi connectivity index (χ3v) is 14.5. The van der Waals surface area contributed by atoms with E-state index in [1.165, 1.54) is 21.3 Å². The molecule has 1 N–H and O–H groups in total. The van der Waals surface area contributed by atoms with E-state index in [2.05, 4.69) is 10.2 Å². The summed E-state index contributed by atoms with van der Waals surface area (Å²) in [5, 5.41) is 9.75. The molecule has 0 bridgehead atoms. The minimum atomic E-state index is -0.868. The van der Waals surface area contributed by atoms with E-state index in [4.69, 9.17) is 35.6 Å². The number of esters is 2. The highest BCUT2D eigenvalue weighted by Crippen LogP contribution is 2.42. The van der Waals surface area contributed by atoms with Gasteiger partial charge in [0.15, 0.2) is 6.61 Å².